The first kappa shape index (κ1) is 18.3. The van der Waals surface area contributed by atoms with E-state index in [1.165, 1.54) is 32.5 Å². The fourth-order valence-electron chi connectivity index (χ4n) is 3.57. The second kappa shape index (κ2) is 7.53. The van der Waals surface area contributed by atoms with E-state index >= 15 is 0 Å². The Hall–Kier alpha value is -3.03. The Labute approximate surface area is 164 Å². The van der Waals surface area contributed by atoms with Gasteiger partial charge in [-0.1, -0.05) is 42.5 Å². The maximum absolute atomic E-state index is 11.8. The van der Waals surface area contributed by atoms with Crippen LogP contribution in [-0.2, 0) is 19.4 Å². The number of rotatable bonds is 2. The number of fused-ring (bicyclic) bond motifs is 4. The normalized spacial score (nSPS) is 12.6. The lowest BCUT2D eigenvalue weighted by Crippen LogP contribution is -2.15. The summed E-state index contributed by atoms with van der Waals surface area (Å²) in [6.45, 7) is 0.612. The Kier molecular flexibility index (Phi) is 4.93. The quantitative estimate of drug-likeness (QED) is 0.483. The van der Waals surface area contributed by atoms with Crippen LogP contribution >= 0.6 is 11.3 Å². The van der Waals surface area contributed by atoms with Gasteiger partial charge < -0.3 is 15.8 Å². The minimum Gasteiger partial charge on any atom is -0.475 e. The molecular formula is C21H19N3O3S. The van der Waals surface area contributed by atoms with E-state index in [0.717, 1.165) is 24.8 Å². The van der Waals surface area contributed by atoms with Gasteiger partial charge in [-0.3, -0.25) is 4.79 Å². The number of benzene rings is 2. The molecule has 4 N–H and O–H groups in total. The number of aromatic amines is 1. The fraction of sp³-hybridized carbons (Fsp3) is 0.190. The number of nitrogens with one attached hydrogen (secondary N) is 1. The molecule has 0 bridgehead atoms. The lowest BCUT2D eigenvalue weighted by molar-refractivity contribution is 0.0683. The smallest absolute Gasteiger partial charge is 0.372 e. The summed E-state index contributed by atoms with van der Waals surface area (Å²) in [6.07, 6.45) is 2.93. The first-order valence-electron chi connectivity index (χ1n) is 9.03. The van der Waals surface area contributed by atoms with Crippen molar-refractivity contribution in [2.45, 2.75) is 25.8 Å². The molecule has 0 amide bonds. The number of H-pyrrole nitrogens is 1. The highest BCUT2D eigenvalue weighted by Gasteiger charge is 2.22. The van der Waals surface area contributed by atoms with Crippen molar-refractivity contribution in [2.75, 3.05) is 0 Å². The van der Waals surface area contributed by atoms with Crippen LogP contribution in [0, 0.1) is 0 Å². The Bertz CT molecular complexity index is 1240. The molecule has 7 heteroatoms. The van der Waals surface area contributed by atoms with Crippen LogP contribution in [0.5, 0.6) is 0 Å². The standard InChI is InChI=1S/C11H11N.C10H8N2O3S/c12-8-10-6-3-5-9-4-1-2-7-11(9)10;13-8-6-4-2-1-3-5(4)16-9(6)12-7(11-8)10(14)15/h1-7H,8,12H2;1-3H2,(H,14,15)(H,11,12,13). The molecule has 142 valence electrons. The van der Waals surface area contributed by atoms with Gasteiger partial charge in [0.25, 0.3) is 5.56 Å². The van der Waals surface area contributed by atoms with Gasteiger partial charge in [0, 0.05) is 11.4 Å². The van der Waals surface area contributed by atoms with Crippen molar-refractivity contribution >= 4 is 38.3 Å². The van der Waals surface area contributed by atoms with Gasteiger partial charge in [0.2, 0.25) is 5.82 Å². The third-order valence-corrected chi connectivity index (χ3v) is 6.06. The number of hydrogen-bond donors (Lipinski definition) is 3. The van der Waals surface area contributed by atoms with Crippen LogP contribution in [0.1, 0.15) is 33.0 Å². The summed E-state index contributed by atoms with van der Waals surface area (Å²) in [5, 5.41) is 11.9. The largest absolute Gasteiger partial charge is 0.475 e. The number of nitrogens with zero attached hydrogens (tertiary/aromatic N) is 1. The first-order valence-corrected chi connectivity index (χ1v) is 9.84. The van der Waals surface area contributed by atoms with Gasteiger partial charge >= 0.3 is 5.97 Å². The van der Waals surface area contributed by atoms with E-state index in [9.17, 15) is 9.59 Å². The second-order valence-corrected chi connectivity index (χ2v) is 7.68. The molecule has 6 nitrogen and oxygen atoms in total. The predicted molar refractivity (Wildman–Crippen MR) is 111 cm³/mol. The van der Waals surface area contributed by atoms with E-state index in [0.29, 0.717) is 16.8 Å². The number of aromatic nitrogens is 2. The molecule has 4 aromatic rings. The lowest BCUT2D eigenvalue weighted by Gasteiger charge is -2.02. The summed E-state index contributed by atoms with van der Waals surface area (Å²) in [6, 6.07) is 14.5. The van der Waals surface area contributed by atoms with Crippen LogP contribution in [-0.4, -0.2) is 21.0 Å². The predicted octanol–water partition coefficient (Wildman–Crippen LogP) is 3.47. The molecule has 0 unspecified atom stereocenters. The zero-order valence-electron chi connectivity index (χ0n) is 15.1. The van der Waals surface area contributed by atoms with E-state index in [-0.39, 0.29) is 11.4 Å². The Morgan fingerprint density at radius 1 is 1.18 bits per heavy atom. The van der Waals surface area contributed by atoms with E-state index in [4.69, 9.17) is 10.8 Å². The van der Waals surface area contributed by atoms with Crippen molar-refractivity contribution in [1.82, 2.24) is 9.97 Å². The Morgan fingerprint density at radius 2 is 1.96 bits per heavy atom. The monoisotopic (exact) mass is 393 g/mol. The summed E-state index contributed by atoms with van der Waals surface area (Å²) in [4.78, 5) is 30.5. The molecule has 2 aromatic heterocycles. The van der Waals surface area contributed by atoms with E-state index in [1.54, 1.807) is 0 Å². The van der Waals surface area contributed by atoms with Gasteiger partial charge in [0.05, 0.1) is 5.39 Å². The number of carboxylic acid groups (broad SMARTS) is 1. The first-order chi connectivity index (χ1) is 13.6. The Morgan fingerprint density at radius 3 is 2.75 bits per heavy atom. The van der Waals surface area contributed by atoms with Crippen molar-refractivity contribution in [1.29, 1.82) is 0 Å². The maximum Gasteiger partial charge on any atom is 0.372 e. The highest BCUT2D eigenvalue weighted by molar-refractivity contribution is 7.18. The van der Waals surface area contributed by atoms with Crippen molar-refractivity contribution in [2.24, 2.45) is 5.73 Å². The number of carbonyl (C=O) groups is 1. The summed E-state index contributed by atoms with van der Waals surface area (Å²) >= 11 is 1.44. The van der Waals surface area contributed by atoms with Crippen LogP contribution in [0.15, 0.2) is 47.3 Å². The molecule has 0 saturated heterocycles. The van der Waals surface area contributed by atoms with Gasteiger partial charge in [-0.05, 0) is 41.2 Å². The SMILES string of the molecule is NCc1cccc2ccccc12.O=C(O)c1nc2sc3c(c2c(=O)[nH]1)CCC3. The molecule has 0 aliphatic heterocycles. The summed E-state index contributed by atoms with van der Waals surface area (Å²) in [5.41, 5.74) is 7.56. The molecule has 0 saturated carbocycles. The molecule has 2 aromatic carbocycles. The lowest BCUT2D eigenvalue weighted by atomic mass is 10.1. The van der Waals surface area contributed by atoms with Crippen LogP contribution in [0.25, 0.3) is 21.0 Å². The molecule has 0 atom stereocenters. The molecule has 1 aliphatic rings. The van der Waals surface area contributed by atoms with Crippen LogP contribution in [0.3, 0.4) is 0 Å². The number of nitrogens with two attached hydrogens (primary N) is 1. The third-order valence-electron chi connectivity index (χ3n) is 4.88. The van der Waals surface area contributed by atoms with Gasteiger partial charge in [0.1, 0.15) is 4.83 Å². The number of hydrogen-bond acceptors (Lipinski definition) is 5. The van der Waals surface area contributed by atoms with Gasteiger partial charge in [-0.2, -0.15) is 0 Å². The summed E-state index contributed by atoms with van der Waals surface area (Å²) < 4.78 is 0. The average molecular weight is 393 g/mol. The molecule has 28 heavy (non-hydrogen) atoms. The molecule has 5 rings (SSSR count). The minimum absolute atomic E-state index is 0.280. The van der Waals surface area contributed by atoms with Crippen molar-refractivity contribution in [3.05, 3.63) is 74.6 Å². The zero-order chi connectivity index (χ0) is 19.7. The molecular weight excluding hydrogens is 374 g/mol. The topological polar surface area (TPSA) is 109 Å². The van der Waals surface area contributed by atoms with Gasteiger partial charge in [-0.25, -0.2) is 9.78 Å². The number of aromatic carboxylic acids is 1. The third kappa shape index (κ3) is 3.30. The number of carboxylic acids is 1. The van der Waals surface area contributed by atoms with Gasteiger partial charge in [-0.15, -0.1) is 11.3 Å². The Balaban J connectivity index is 0.000000143. The minimum atomic E-state index is -1.20. The molecule has 0 spiro atoms. The van der Waals surface area contributed by atoms with Crippen molar-refractivity contribution in [3.63, 3.8) is 0 Å². The van der Waals surface area contributed by atoms with E-state index in [1.807, 2.05) is 18.2 Å². The van der Waals surface area contributed by atoms with Crippen LogP contribution in [0.2, 0.25) is 0 Å². The van der Waals surface area contributed by atoms with Crippen molar-refractivity contribution < 1.29 is 9.90 Å². The fourth-order valence-corrected chi connectivity index (χ4v) is 4.84. The van der Waals surface area contributed by atoms with Crippen LogP contribution < -0.4 is 11.3 Å². The van der Waals surface area contributed by atoms with E-state index < -0.39 is 5.97 Å². The van der Waals surface area contributed by atoms with Gasteiger partial charge in [0.15, 0.2) is 0 Å². The zero-order valence-corrected chi connectivity index (χ0v) is 15.9. The maximum atomic E-state index is 11.8. The van der Waals surface area contributed by atoms with E-state index in [2.05, 4.69) is 34.2 Å². The highest BCUT2D eigenvalue weighted by Crippen LogP contribution is 2.34. The summed E-state index contributed by atoms with van der Waals surface area (Å²) in [5.74, 6) is -1.48. The average Bonchev–Trinajstić information content (AvgIpc) is 3.28. The highest BCUT2D eigenvalue weighted by atomic mass is 32.1. The molecule has 0 fully saturated rings. The number of thiophene rings is 1. The summed E-state index contributed by atoms with van der Waals surface area (Å²) in [7, 11) is 0. The second-order valence-electron chi connectivity index (χ2n) is 6.60. The molecule has 0 radical (unpaired) electrons. The molecule has 1 aliphatic carbocycles. The van der Waals surface area contributed by atoms with Crippen LogP contribution in [0.4, 0.5) is 0 Å². The van der Waals surface area contributed by atoms with Crippen molar-refractivity contribution in [3.8, 4) is 0 Å². The molecule has 2 heterocycles. The number of aryl methyl sites for hydroxylation is 2.